The molecule has 150 valence electrons. The van der Waals surface area contributed by atoms with Gasteiger partial charge in [-0.15, -0.1) is 0 Å². The largest absolute Gasteiger partial charge is 0.365 e. The van der Waals surface area contributed by atoms with Crippen LogP contribution in [0.25, 0.3) is 0 Å². The van der Waals surface area contributed by atoms with Gasteiger partial charge >= 0.3 is 0 Å². The number of anilines is 1. The summed E-state index contributed by atoms with van der Waals surface area (Å²) in [5, 5.41) is 13.3. The molecule has 1 aliphatic carbocycles. The first-order chi connectivity index (χ1) is 13.2. The van der Waals surface area contributed by atoms with Crippen LogP contribution < -0.4 is 10.6 Å². The highest BCUT2D eigenvalue weighted by Gasteiger charge is 2.36. The van der Waals surface area contributed by atoms with E-state index in [1.54, 1.807) is 24.3 Å². The third-order valence-electron chi connectivity index (χ3n) is 5.35. The fourth-order valence-corrected chi connectivity index (χ4v) is 4.88. The molecule has 9 heteroatoms. The molecule has 3 aliphatic rings. The first-order valence-corrected chi connectivity index (χ1v) is 12.2. The number of alkyl halides is 1. The summed E-state index contributed by atoms with van der Waals surface area (Å²) in [5.41, 5.74) is 0.861. The van der Waals surface area contributed by atoms with Gasteiger partial charge in [-0.2, -0.15) is 5.10 Å². The molecule has 0 aromatic heterocycles. The predicted molar refractivity (Wildman–Crippen MR) is 116 cm³/mol. The molecule has 7 nitrogen and oxygen atoms in total. The summed E-state index contributed by atoms with van der Waals surface area (Å²) in [6.45, 7) is 2.25. The Bertz CT molecular complexity index is 949. The maximum Gasteiger partial charge on any atom is 0.175 e. The van der Waals surface area contributed by atoms with Crippen LogP contribution in [0.2, 0.25) is 0 Å². The molecule has 2 N–H and O–H groups in total. The summed E-state index contributed by atoms with van der Waals surface area (Å²) in [7, 11) is -3.21. The van der Waals surface area contributed by atoms with Gasteiger partial charge in [-0.25, -0.2) is 18.4 Å². The fourth-order valence-electron chi connectivity index (χ4n) is 3.81. The number of hydrogen-bond acceptors (Lipinski definition) is 7. The monoisotopic (exact) mass is 465 g/mol. The Morgan fingerprint density at radius 1 is 1.21 bits per heavy atom. The molecule has 0 bridgehead atoms. The van der Waals surface area contributed by atoms with Crippen molar-refractivity contribution in [3.8, 4) is 0 Å². The van der Waals surface area contributed by atoms with Gasteiger partial charge in [-0.05, 0) is 44.0 Å². The van der Waals surface area contributed by atoms with Crippen LogP contribution in [-0.2, 0) is 9.84 Å². The average molecular weight is 466 g/mol. The molecule has 2 heterocycles. The number of nitrogens with one attached hydrogen (secondary N) is 2. The van der Waals surface area contributed by atoms with Gasteiger partial charge in [0.15, 0.2) is 16.0 Å². The van der Waals surface area contributed by atoms with E-state index in [4.69, 9.17) is 4.99 Å². The van der Waals surface area contributed by atoms with Gasteiger partial charge in [0.2, 0.25) is 0 Å². The van der Waals surface area contributed by atoms with Gasteiger partial charge in [-0.1, -0.05) is 28.8 Å². The molecule has 2 aliphatic heterocycles. The van der Waals surface area contributed by atoms with E-state index in [2.05, 4.69) is 38.6 Å². The molecule has 0 spiro atoms. The van der Waals surface area contributed by atoms with Crippen molar-refractivity contribution in [2.24, 2.45) is 10.1 Å². The first kappa shape index (κ1) is 19.4. The van der Waals surface area contributed by atoms with Gasteiger partial charge in [0.1, 0.15) is 11.7 Å². The zero-order chi connectivity index (χ0) is 19.9. The third kappa shape index (κ3) is 3.96. The number of benzene rings is 1. The molecule has 1 aromatic carbocycles. The van der Waals surface area contributed by atoms with Crippen molar-refractivity contribution >= 4 is 43.5 Å². The summed E-state index contributed by atoms with van der Waals surface area (Å²) in [6.07, 6.45) is 9.59. The van der Waals surface area contributed by atoms with E-state index in [1.807, 2.05) is 17.3 Å². The number of hydrazone groups is 1. The van der Waals surface area contributed by atoms with Crippen molar-refractivity contribution < 1.29 is 8.42 Å². The number of rotatable bonds is 4. The molecule has 28 heavy (non-hydrogen) atoms. The molecule has 1 aromatic rings. The standard InChI is InChI=1S/C19H24BrN5O2S/c1-19(9-3-4-10-19)24-16-11-17(25-18(23-16)15(20)12-21-25)22-13-5-7-14(8-6-13)28(2,26)27/h5-8,11-12,15,18,22H,3-4,9-10H2,1-2H3,(H,23,24). The lowest BCUT2D eigenvalue weighted by atomic mass is 10.0. The topological polar surface area (TPSA) is 86.2 Å². The second-order valence-electron chi connectivity index (χ2n) is 7.83. The van der Waals surface area contributed by atoms with Gasteiger partial charge in [0, 0.05) is 29.8 Å². The van der Waals surface area contributed by atoms with Crippen molar-refractivity contribution in [3.05, 3.63) is 36.2 Å². The maximum absolute atomic E-state index is 11.7. The highest BCUT2D eigenvalue weighted by molar-refractivity contribution is 9.10. The lowest BCUT2D eigenvalue weighted by Gasteiger charge is -2.33. The van der Waals surface area contributed by atoms with E-state index in [0.29, 0.717) is 4.90 Å². The second kappa shape index (κ2) is 7.18. The molecule has 2 unspecified atom stereocenters. The van der Waals surface area contributed by atoms with E-state index >= 15 is 0 Å². The summed E-state index contributed by atoms with van der Waals surface area (Å²) < 4.78 is 23.3. The van der Waals surface area contributed by atoms with Crippen molar-refractivity contribution in [3.63, 3.8) is 0 Å². The average Bonchev–Trinajstić information content (AvgIpc) is 3.21. The minimum atomic E-state index is -3.21. The molecule has 1 saturated carbocycles. The molecular formula is C19H24BrN5O2S. The highest BCUT2D eigenvalue weighted by atomic mass is 79.9. The van der Waals surface area contributed by atoms with Crippen molar-refractivity contribution in [1.82, 2.24) is 10.3 Å². The first-order valence-electron chi connectivity index (χ1n) is 9.36. The van der Waals surface area contributed by atoms with Crippen LogP contribution in [0.1, 0.15) is 32.6 Å². The quantitative estimate of drug-likeness (QED) is 0.667. The van der Waals surface area contributed by atoms with E-state index in [0.717, 1.165) is 30.2 Å². The van der Waals surface area contributed by atoms with Crippen LogP contribution in [0.5, 0.6) is 0 Å². The molecule has 2 atom stereocenters. The Hall–Kier alpha value is -1.87. The Kier molecular flexibility index (Phi) is 4.99. The van der Waals surface area contributed by atoms with Crippen molar-refractivity contribution in [1.29, 1.82) is 0 Å². The summed E-state index contributed by atoms with van der Waals surface area (Å²) in [5.74, 6) is 1.64. The third-order valence-corrected chi connectivity index (χ3v) is 7.19. The summed E-state index contributed by atoms with van der Waals surface area (Å²) in [4.78, 5) is 5.16. The molecule has 0 amide bonds. The van der Waals surface area contributed by atoms with Crippen LogP contribution in [0.15, 0.2) is 51.2 Å². The fraction of sp³-hybridized carbons (Fsp3) is 0.474. The number of sulfone groups is 1. The molecule has 4 rings (SSSR count). The molecule has 0 radical (unpaired) electrons. The van der Waals surface area contributed by atoms with E-state index in [-0.39, 0.29) is 16.5 Å². The number of amidine groups is 1. The zero-order valence-electron chi connectivity index (χ0n) is 15.9. The van der Waals surface area contributed by atoms with Crippen LogP contribution in [-0.4, -0.2) is 48.3 Å². The van der Waals surface area contributed by atoms with Gasteiger partial charge in [-0.3, -0.25) is 0 Å². The van der Waals surface area contributed by atoms with Crippen LogP contribution in [0.3, 0.4) is 0 Å². The number of halogens is 1. The predicted octanol–water partition coefficient (Wildman–Crippen LogP) is 3.07. The Morgan fingerprint density at radius 2 is 1.89 bits per heavy atom. The van der Waals surface area contributed by atoms with E-state index in [9.17, 15) is 8.42 Å². The highest BCUT2D eigenvalue weighted by Crippen LogP contribution is 2.32. The second-order valence-corrected chi connectivity index (χ2v) is 10.9. The van der Waals surface area contributed by atoms with Crippen LogP contribution >= 0.6 is 15.9 Å². The summed E-state index contributed by atoms with van der Waals surface area (Å²) >= 11 is 3.63. The number of aliphatic imine (C=N–C) groups is 1. The Morgan fingerprint density at radius 3 is 2.54 bits per heavy atom. The minimum Gasteiger partial charge on any atom is -0.365 e. The van der Waals surface area contributed by atoms with Crippen molar-refractivity contribution in [2.45, 2.75) is 54.0 Å². The summed E-state index contributed by atoms with van der Waals surface area (Å²) in [6, 6.07) is 6.72. The lowest BCUT2D eigenvalue weighted by molar-refractivity contribution is 0.303. The van der Waals surface area contributed by atoms with Crippen molar-refractivity contribution in [2.75, 3.05) is 11.6 Å². The Labute approximate surface area is 174 Å². The zero-order valence-corrected chi connectivity index (χ0v) is 18.3. The molecule has 1 fully saturated rings. The van der Waals surface area contributed by atoms with Gasteiger partial charge < -0.3 is 10.6 Å². The minimum absolute atomic E-state index is 0.0267. The lowest BCUT2D eigenvalue weighted by Crippen LogP contribution is -2.47. The SMILES string of the molecule is CC1(NC2=NC3C(Br)C=NN3C(Nc3ccc(S(C)(=O)=O)cc3)=C2)CCCC1. The van der Waals surface area contributed by atoms with Crippen LogP contribution in [0.4, 0.5) is 5.69 Å². The van der Waals surface area contributed by atoms with Gasteiger partial charge in [0.05, 0.1) is 9.72 Å². The van der Waals surface area contributed by atoms with E-state index < -0.39 is 9.84 Å². The number of nitrogens with zero attached hydrogens (tertiary/aromatic N) is 3. The van der Waals surface area contributed by atoms with Gasteiger partial charge in [0.25, 0.3) is 0 Å². The van der Waals surface area contributed by atoms with E-state index in [1.165, 1.54) is 19.1 Å². The number of fused-ring (bicyclic) bond motifs is 1. The Balaban J connectivity index is 1.58. The normalized spacial score (nSPS) is 25.9. The molecular weight excluding hydrogens is 442 g/mol. The molecule has 0 saturated heterocycles. The van der Waals surface area contributed by atoms with Crippen LogP contribution in [0, 0.1) is 0 Å². The maximum atomic E-state index is 11.7. The number of hydrogen-bond donors (Lipinski definition) is 2. The smallest absolute Gasteiger partial charge is 0.175 e.